The second kappa shape index (κ2) is 9.32. The molecule has 1 N–H and O–H groups in total. The number of sulfonamides is 1. The molecule has 0 aliphatic carbocycles. The van der Waals surface area contributed by atoms with Crippen LogP contribution in [0.5, 0.6) is 5.75 Å². The first kappa shape index (κ1) is 21.9. The molecule has 0 saturated carbocycles. The van der Waals surface area contributed by atoms with Crippen LogP contribution in [0.15, 0.2) is 77.7 Å². The molecule has 3 aromatic carbocycles. The van der Waals surface area contributed by atoms with Crippen LogP contribution in [-0.2, 0) is 14.8 Å². The summed E-state index contributed by atoms with van der Waals surface area (Å²) >= 11 is 0. The van der Waals surface area contributed by atoms with E-state index in [1.54, 1.807) is 67.6 Å². The van der Waals surface area contributed by atoms with Gasteiger partial charge in [0.05, 0.1) is 24.4 Å². The van der Waals surface area contributed by atoms with Crippen LogP contribution in [0, 0.1) is 18.3 Å². The van der Waals surface area contributed by atoms with Crippen LogP contribution in [0.1, 0.15) is 11.1 Å². The number of amides is 1. The van der Waals surface area contributed by atoms with Crippen LogP contribution in [0.2, 0.25) is 0 Å². The van der Waals surface area contributed by atoms with Gasteiger partial charge in [0.2, 0.25) is 5.91 Å². The van der Waals surface area contributed by atoms with Gasteiger partial charge in [0.15, 0.2) is 0 Å². The van der Waals surface area contributed by atoms with Crippen LogP contribution in [0.4, 0.5) is 11.4 Å². The number of aryl methyl sites for hydroxylation is 1. The number of carbonyl (C=O) groups excluding carboxylic acids is 1. The number of carbonyl (C=O) groups is 1. The molecule has 0 bridgehead atoms. The van der Waals surface area contributed by atoms with Crippen LogP contribution < -0.4 is 14.4 Å². The van der Waals surface area contributed by atoms with E-state index in [2.05, 4.69) is 5.32 Å². The van der Waals surface area contributed by atoms with E-state index < -0.39 is 22.5 Å². The first-order chi connectivity index (χ1) is 14.8. The Morgan fingerprint density at radius 1 is 1.06 bits per heavy atom. The van der Waals surface area contributed by atoms with E-state index in [1.807, 2.05) is 6.07 Å². The second-order valence-corrected chi connectivity index (χ2v) is 8.57. The predicted molar refractivity (Wildman–Crippen MR) is 118 cm³/mol. The van der Waals surface area contributed by atoms with E-state index in [0.717, 1.165) is 9.87 Å². The first-order valence-electron chi connectivity index (χ1n) is 9.37. The zero-order valence-corrected chi connectivity index (χ0v) is 17.9. The summed E-state index contributed by atoms with van der Waals surface area (Å²) in [5, 5.41) is 11.7. The number of nitriles is 1. The molecule has 0 unspecified atom stereocenters. The number of benzene rings is 3. The van der Waals surface area contributed by atoms with E-state index in [1.165, 1.54) is 19.2 Å². The van der Waals surface area contributed by atoms with Crippen molar-refractivity contribution in [2.24, 2.45) is 0 Å². The van der Waals surface area contributed by atoms with Gasteiger partial charge in [-0.2, -0.15) is 5.26 Å². The topological polar surface area (TPSA) is 99.5 Å². The lowest BCUT2D eigenvalue weighted by Gasteiger charge is -2.25. The van der Waals surface area contributed by atoms with E-state index in [4.69, 9.17) is 10.00 Å². The van der Waals surface area contributed by atoms with Crippen molar-refractivity contribution >= 4 is 27.3 Å². The Balaban J connectivity index is 1.99. The minimum absolute atomic E-state index is 0.0295. The summed E-state index contributed by atoms with van der Waals surface area (Å²) in [7, 11) is -2.73. The first-order valence-corrected chi connectivity index (χ1v) is 10.8. The molecule has 0 fully saturated rings. The fraction of sp³-hybridized carbons (Fsp3) is 0.130. The molecule has 3 rings (SSSR count). The minimum Gasteiger partial charge on any atom is -0.495 e. The molecule has 1 amide bonds. The van der Waals surface area contributed by atoms with Gasteiger partial charge in [0.1, 0.15) is 17.2 Å². The lowest BCUT2D eigenvalue weighted by molar-refractivity contribution is -0.114. The Bertz CT molecular complexity index is 1240. The molecular formula is C23H21N3O4S. The van der Waals surface area contributed by atoms with Gasteiger partial charge in [-0.3, -0.25) is 9.10 Å². The van der Waals surface area contributed by atoms with Crippen molar-refractivity contribution in [2.45, 2.75) is 11.8 Å². The Hall–Kier alpha value is -3.83. The smallest absolute Gasteiger partial charge is 0.268 e. The van der Waals surface area contributed by atoms with Crippen molar-refractivity contribution in [1.82, 2.24) is 0 Å². The van der Waals surface area contributed by atoms with E-state index in [0.29, 0.717) is 16.9 Å². The number of ether oxygens (including phenoxy) is 1. The zero-order valence-electron chi connectivity index (χ0n) is 17.1. The predicted octanol–water partition coefficient (Wildman–Crippen LogP) is 3.71. The molecule has 0 aromatic heterocycles. The van der Waals surface area contributed by atoms with Gasteiger partial charge in [-0.15, -0.1) is 0 Å². The van der Waals surface area contributed by atoms with Gasteiger partial charge >= 0.3 is 0 Å². The Morgan fingerprint density at radius 2 is 1.81 bits per heavy atom. The Morgan fingerprint density at radius 3 is 2.48 bits per heavy atom. The highest BCUT2D eigenvalue weighted by molar-refractivity contribution is 7.93. The van der Waals surface area contributed by atoms with Gasteiger partial charge < -0.3 is 10.1 Å². The quantitative estimate of drug-likeness (QED) is 0.610. The molecule has 31 heavy (non-hydrogen) atoms. The van der Waals surface area contributed by atoms with Crippen LogP contribution in [0.25, 0.3) is 0 Å². The molecule has 0 radical (unpaired) electrons. The highest BCUT2D eigenvalue weighted by Gasteiger charge is 2.30. The van der Waals surface area contributed by atoms with Crippen molar-refractivity contribution in [3.63, 3.8) is 0 Å². The van der Waals surface area contributed by atoms with Gasteiger partial charge in [0, 0.05) is 5.69 Å². The summed E-state index contributed by atoms with van der Waals surface area (Å²) in [6.07, 6.45) is 0. The summed E-state index contributed by atoms with van der Waals surface area (Å²) in [5.41, 5.74) is 1.87. The summed E-state index contributed by atoms with van der Waals surface area (Å²) in [6, 6.07) is 21.6. The molecular weight excluding hydrogens is 414 g/mol. The molecule has 0 spiro atoms. The normalized spacial score (nSPS) is 10.7. The molecule has 7 nitrogen and oxygen atoms in total. The van der Waals surface area contributed by atoms with Crippen LogP contribution in [-0.4, -0.2) is 28.0 Å². The van der Waals surface area contributed by atoms with Crippen molar-refractivity contribution < 1.29 is 17.9 Å². The van der Waals surface area contributed by atoms with Crippen molar-refractivity contribution in [2.75, 3.05) is 23.3 Å². The molecule has 0 atom stereocenters. The fourth-order valence-electron chi connectivity index (χ4n) is 3.01. The number of nitrogens with zero attached hydrogens (tertiary/aromatic N) is 2. The summed E-state index contributed by atoms with van der Waals surface area (Å²) in [4.78, 5) is 12.7. The highest BCUT2D eigenvalue weighted by Crippen LogP contribution is 2.30. The maximum absolute atomic E-state index is 13.6. The molecule has 0 saturated heterocycles. The third kappa shape index (κ3) is 5.02. The monoisotopic (exact) mass is 435 g/mol. The third-order valence-corrected chi connectivity index (χ3v) is 6.29. The Labute approximate surface area is 181 Å². The van der Waals surface area contributed by atoms with E-state index in [-0.39, 0.29) is 10.6 Å². The number of methoxy groups -OCH3 is 1. The lowest BCUT2D eigenvalue weighted by atomic mass is 10.2. The van der Waals surface area contributed by atoms with Crippen molar-refractivity contribution in [3.05, 3.63) is 83.9 Å². The third-order valence-electron chi connectivity index (χ3n) is 4.49. The number of hydrogen-bond acceptors (Lipinski definition) is 5. The largest absolute Gasteiger partial charge is 0.495 e. The van der Waals surface area contributed by atoms with Gasteiger partial charge in [0.25, 0.3) is 10.0 Å². The Kier molecular flexibility index (Phi) is 6.58. The number of nitrogens with one attached hydrogen (secondary N) is 1. The maximum atomic E-state index is 13.6. The highest BCUT2D eigenvalue weighted by atomic mass is 32.2. The molecule has 0 heterocycles. The number of rotatable bonds is 7. The number of hydrogen-bond donors (Lipinski definition) is 1. The van der Waals surface area contributed by atoms with E-state index in [9.17, 15) is 13.2 Å². The van der Waals surface area contributed by atoms with Crippen LogP contribution in [0.3, 0.4) is 0 Å². The van der Waals surface area contributed by atoms with Crippen molar-refractivity contribution in [3.8, 4) is 11.8 Å². The van der Waals surface area contributed by atoms with Gasteiger partial charge in [-0.05, 0) is 55.0 Å². The molecule has 0 aliphatic rings. The molecule has 8 heteroatoms. The minimum atomic E-state index is -4.12. The fourth-order valence-corrected chi connectivity index (χ4v) is 4.68. The zero-order chi connectivity index (χ0) is 22.4. The lowest BCUT2D eigenvalue weighted by Crippen LogP contribution is -2.38. The van der Waals surface area contributed by atoms with Gasteiger partial charge in [-0.25, -0.2) is 8.42 Å². The maximum Gasteiger partial charge on any atom is 0.268 e. The van der Waals surface area contributed by atoms with Gasteiger partial charge in [-0.1, -0.05) is 30.3 Å². The van der Waals surface area contributed by atoms with Crippen molar-refractivity contribution in [1.29, 1.82) is 5.26 Å². The number of anilines is 2. The molecule has 158 valence electrons. The van der Waals surface area contributed by atoms with E-state index >= 15 is 0 Å². The van der Waals surface area contributed by atoms with Crippen LogP contribution >= 0.6 is 0 Å². The average molecular weight is 436 g/mol. The SMILES string of the molecule is COc1ccc(C)cc1S(=O)(=O)N(CC(=O)Nc1cccc(C#N)c1)c1ccccc1. The molecule has 0 aliphatic heterocycles. The molecule has 3 aromatic rings. The average Bonchev–Trinajstić information content (AvgIpc) is 2.78. The standard InChI is InChI=1S/C23H21N3O4S/c1-17-11-12-21(30-2)22(13-17)31(28,29)26(20-9-4-3-5-10-20)16-23(27)25-19-8-6-7-18(14-19)15-24/h3-14H,16H2,1-2H3,(H,25,27). The summed E-state index contributed by atoms with van der Waals surface area (Å²) in [6.45, 7) is 1.32. The second-order valence-electron chi connectivity index (χ2n) is 6.74. The number of para-hydroxylation sites is 1. The summed E-state index contributed by atoms with van der Waals surface area (Å²) in [5.74, 6) is -0.359. The summed E-state index contributed by atoms with van der Waals surface area (Å²) < 4.78 is 33.4.